The van der Waals surface area contributed by atoms with Crippen molar-refractivity contribution in [1.82, 2.24) is 4.90 Å². The normalized spacial score (nSPS) is 11.4. The van der Waals surface area contributed by atoms with E-state index in [1.54, 1.807) is 44.0 Å². The summed E-state index contributed by atoms with van der Waals surface area (Å²) in [4.78, 5) is 25.4. The van der Waals surface area contributed by atoms with E-state index in [-0.39, 0.29) is 10.8 Å². The Morgan fingerprint density at radius 3 is 2.41 bits per heavy atom. The minimum absolute atomic E-state index is 0.206. The molecule has 0 aliphatic rings. The Balaban J connectivity index is 2.82. The Kier molecular flexibility index (Phi) is 6.00. The molecule has 0 aliphatic heterocycles. The van der Waals surface area contributed by atoms with Crippen LogP contribution >= 0.6 is 11.6 Å². The first kappa shape index (κ1) is 18.0. The lowest BCUT2D eigenvalue weighted by atomic mass is 10.1. The second-order valence-electron chi connectivity index (χ2n) is 5.97. The van der Waals surface area contributed by atoms with E-state index in [0.29, 0.717) is 11.3 Å². The molecule has 0 unspecified atom stereocenters. The van der Waals surface area contributed by atoms with Crippen LogP contribution in [-0.4, -0.2) is 36.5 Å². The van der Waals surface area contributed by atoms with E-state index in [9.17, 15) is 9.59 Å². The fourth-order valence-corrected chi connectivity index (χ4v) is 1.79. The molecule has 0 aromatic heterocycles. The van der Waals surface area contributed by atoms with Gasteiger partial charge in [-0.15, -0.1) is 0 Å². The molecule has 6 heteroatoms. The standard InChI is InChI=1S/C16H21ClN2O3/c1-16(2,3)22-15(21)18-11-6-7-12(13(17)10-11)14(20)8-9-19(4)5/h6-10H,1-5H3,(H,18,21). The topological polar surface area (TPSA) is 58.6 Å². The van der Waals surface area contributed by atoms with Crippen LogP contribution < -0.4 is 5.32 Å². The van der Waals surface area contributed by atoms with Crippen molar-refractivity contribution in [3.05, 3.63) is 41.1 Å². The number of ether oxygens (including phenoxy) is 1. The van der Waals surface area contributed by atoms with Crippen molar-refractivity contribution in [2.45, 2.75) is 26.4 Å². The first-order chi connectivity index (χ1) is 10.1. The molecule has 0 heterocycles. The van der Waals surface area contributed by atoms with Gasteiger partial charge in [0.25, 0.3) is 0 Å². The Morgan fingerprint density at radius 2 is 1.91 bits per heavy atom. The predicted molar refractivity (Wildman–Crippen MR) is 88.5 cm³/mol. The molecule has 1 amide bonds. The molecule has 0 saturated carbocycles. The molecule has 1 aromatic carbocycles. The van der Waals surface area contributed by atoms with Crippen molar-refractivity contribution in [1.29, 1.82) is 0 Å². The van der Waals surface area contributed by atoms with Crippen molar-refractivity contribution < 1.29 is 14.3 Å². The second-order valence-corrected chi connectivity index (χ2v) is 6.37. The molecule has 0 atom stereocenters. The van der Waals surface area contributed by atoms with Crippen LogP contribution in [0.5, 0.6) is 0 Å². The monoisotopic (exact) mass is 324 g/mol. The van der Waals surface area contributed by atoms with E-state index in [4.69, 9.17) is 16.3 Å². The molecule has 0 saturated heterocycles. The zero-order valence-corrected chi connectivity index (χ0v) is 14.2. The number of rotatable bonds is 4. The number of nitrogens with zero attached hydrogens (tertiary/aromatic N) is 1. The summed E-state index contributed by atoms with van der Waals surface area (Å²) in [6.45, 7) is 5.33. The van der Waals surface area contributed by atoms with Crippen LogP contribution in [0.25, 0.3) is 0 Å². The zero-order valence-electron chi connectivity index (χ0n) is 13.4. The molecule has 0 aliphatic carbocycles. The smallest absolute Gasteiger partial charge is 0.412 e. The summed E-state index contributed by atoms with van der Waals surface area (Å²) in [5.74, 6) is -0.206. The molecule has 1 rings (SSSR count). The molecular formula is C16H21ClN2O3. The first-order valence-electron chi connectivity index (χ1n) is 6.77. The minimum Gasteiger partial charge on any atom is -0.444 e. The number of hydrogen-bond donors (Lipinski definition) is 1. The van der Waals surface area contributed by atoms with Crippen LogP contribution in [0, 0.1) is 0 Å². The van der Waals surface area contributed by atoms with E-state index in [0.717, 1.165) is 0 Å². The number of nitrogens with one attached hydrogen (secondary N) is 1. The molecule has 0 spiro atoms. The fourth-order valence-electron chi connectivity index (χ4n) is 1.52. The van der Waals surface area contributed by atoms with Crippen LogP contribution in [0.4, 0.5) is 10.5 Å². The van der Waals surface area contributed by atoms with Gasteiger partial charge in [-0.05, 0) is 39.0 Å². The van der Waals surface area contributed by atoms with E-state index in [1.165, 1.54) is 12.1 Å². The highest BCUT2D eigenvalue weighted by atomic mass is 35.5. The van der Waals surface area contributed by atoms with E-state index in [1.807, 2.05) is 14.1 Å². The molecule has 22 heavy (non-hydrogen) atoms. The zero-order chi connectivity index (χ0) is 16.9. The van der Waals surface area contributed by atoms with Crippen LogP contribution in [0.15, 0.2) is 30.5 Å². The van der Waals surface area contributed by atoms with Crippen LogP contribution in [0.3, 0.4) is 0 Å². The van der Waals surface area contributed by atoms with Crippen molar-refractivity contribution >= 4 is 29.2 Å². The maximum Gasteiger partial charge on any atom is 0.412 e. The number of amides is 1. The number of anilines is 1. The summed E-state index contributed by atoms with van der Waals surface area (Å²) >= 11 is 6.10. The molecule has 1 N–H and O–H groups in total. The maximum atomic E-state index is 12.0. The summed E-state index contributed by atoms with van der Waals surface area (Å²) in [5.41, 5.74) is 0.253. The molecule has 0 bridgehead atoms. The lowest BCUT2D eigenvalue weighted by Gasteiger charge is -2.19. The summed E-state index contributed by atoms with van der Waals surface area (Å²) < 4.78 is 5.15. The molecular weight excluding hydrogens is 304 g/mol. The van der Waals surface area contributed by atoms with E-state index < -0.39 is 11.7 Å². The average molecular weight is 325 g/mol. The highest BCUT2D eigenvalue weighted by Gasteiger charge is 2.17. The Labute approximate surface area is 135 Å². The van der Waals surface area contributed by atoms with E-state index >= 15 is 0 Å². The summed E-state index contributed by atoms with van der Waals surface area (Å²) in [7, 11) is 3.64. The largest absolute Gasteiger partial charge is 0.444 e. The van der Waals surface area contributed by atoms with Crippen molar-refractivity contribution in [2.24, 2.45) is 0 Å². The number of benzene rings is 1. The highest BCUT2D eigenvalue weighted by molar-refractivity contribution is 6.34. The Bertz CT molecular complexity index is 590. The van der Waals surface area contributed by atoms with Gasteiger partial charge < -0.3 is 9.64 Å². The number of halogens is 1. The maximum absolute atomic E-state index is 12.0. The van der Waals surface area contributed by atoms with Gasteiger partial charge in [0.1, 0.15) is 5.60 Å². The second kappa shape index (κ2) is 7.31. The van der Waals surface area contributed by atoms with Gasteiger partial charge in [0.05, 0.1) is 5.02 Å². The minimum atomic E-state index is -0.583. The van der Waals surface area contributed by atoms with Gasteiger partial charge in [-0.3, -0.25) is 10.1 Å². The number of carbonyl (C=O) groups is 2. The van der Waals surface area contributed by atoms with Gasteiger partial charge in [0, 0.05) is 37.6 Å². The third kappa shape index (κ3) is 6.18. The van der Waals surface area contributed by atoms with Crippen molar-refractivity contribution in [2.75, 3.05) is 19.4 Å². The summed E-state index contributed by atoms with van der Waals surface area (Å²) in [6, 6.07) is 4.69. The number of allylic oxidation sites excluding steroid dienone is 1. The average Bonchev–Trinajstić information content (AvgIpc) is 2.33. The van der Waals surface area contributed by atoms with Crippen molar-refractivity contribution in [3.63, 3.8) is 0 Å². The van der Waals surface area contributed by atoms with Gasteiger partial charge in [-0.25, -0.2) is 4.79 Å². The number of hydrogen-bond acceptors (Lipinski definition) is 4. The molecule has 0 radical (unpaired) electrons. The SMILES string of the molecule is CN(C)C=CC(=O)c1ccc(NC(=O)OC(C)(C)C)cc1Cl. The van der Waals surface area contributed by atoms with Gasteiger partial charge >= 0.3 is 6.09 Å². The Morgan fingerprint density at radius 1 is 1.27 bits per heavy atom. The van der Waals surface area contributed by atoms with Gasteiger partial charge in [-0.1, -0.05) is 11.6 Å². The quantitative estimate of drug-likeness (QED) is 0.673. The molecule has 5 nitrogen and oxygen atoms in total. The Hall–Kier alpha value is -2.01. The highest BCUT2D eigenvalue weighted by Crippen LogP contribution is 2.22. The van der Waals surface area contributed by atoms with Gasteiger partial charge in [0.15, 0.2) is 5.78 Å². The lowest BCUT2D eigenvalue weighted by molar-refractivity contribution is 0.0636. The first-order valence-corrected chi connectivity index (χ1v) is 7.15. The van der Waals surface area contributed by atoms with Gasteiger partial charge in [-0.2, -0.15) is 0 Å². The summed E-state index contributed by atoms with van der Waals surface area (Å²) in [6.07, 6.45) is 2.50. The number of ketones is 1. The fraction of sp³-hybridized carbons (Fsp3) is 0.375. The lowest BCUT2D eigenvalue weighted by Crippen LogP contribution is -2.27. The third-order valence-corrected chi connectivity index (χ3v) is 2.72. The van der Waals surface area contributed by atoms with Crippen LogP contribution in [-0.2, 0) is 4.74 Å². The molecule has 1 aromatic rings. The third-order valence-electron chi connectivity index (χ3n) is 2.40. The predicted octanol–water partition coefficient (Wildman–Crippen LogP) is 3.95. The van der Waals surface area contributed by atoms with Crippen LogP contribution in [0.2, 0.25) is 5.02 Å². The van der Waals surface area contributed by atoms with Crippen molar-refractivity contribution in [3.8, 4) is 0 Å². The van der Waals surface area contributed by atoms with E-state index in [2.05, 4.69) is 5.32 Å². The summed E-state index contributed by atoms with van der Waals surface area (Å²) in [5, 5.41) is 2.84. The number of carbonyl (C=O) groups excluding carboxylic acids is 2. The molecule has 0 fully saturated rings. The van der Waals surface area contributed by atoms with Gasteiger partial charge in [0.2, 0.25) is 0 Å². The van der Waals surface area contributed by atoms with Crippen LogP contribution in [0.1, 0.15) is 31.1 Å². The molecule has 120 valence electrons.